The molecule has 1 aliphatic carbocycles. The molecule has 0 bridgehead atoms. The molecule has 0 saturated heterocycles. The van der Waals surface area contributed by atoms with Crippen LogP contribution < -0.4 is 0 Å². The lowest BCUT2D eigenvalue weighted by Crippen LogP contribution is -2.22. The number of hydrogen-bond acceptors (Lipinski definition) is 2. The van der Waals surface area contributed by atoms with E-state index >= 15 is 0 Å². The molecule has 0 heterocycles. The number of carbonyl (C=O) groups is 1. The van der Waals surface area contributed by atoms with Gasteiger partial charge in [0, 0.05) is 33.1 Å². The van der Waals surface area contributed by atoms with E-state index in [2.05, 4.69) is 44.0 Å². The minimum absolute atomic E-state index is 0.0677. The first kappa shape index (κ1) is 23.4. The Morgan fingerprint density at radius 3 is 2.10 bits per heavy atom. The van der Waals surface area contributed by atoms with E-state index < -0.39 is 0 Å². The fourth-order valence-electron chi connectivity index (χ4n) is 4.26. The van der Waals surface area contributed by atoms with Crippen LogP contribution in [0, 0.1) is 5.92 Å². The molecular formula is C26H31Br2NO. The first-order chi connectivity index (χ1) is 14.7. The first-order valence-corrected chi connectivity index (χ1v) is 12.8. The third kappa shape index (κ3) is 6.88. The highest BCUT2D eigenvalue weighted by atomic mass is 79.9. The molecule has 30 heavy (non-hydrogen) atoms. The molecule has 3 rings (SSSR count). The Labute approximate surface area is 197 Å². The minimum Gasteiger partial charge on any atom is -0.299 e. The summed E-state index contributed by atoms with van der Waals surface area (Å²) in [5, 5.41) is 0. The third-order valence-electron chi connectivity index (χ3n) is 5.99. The quantitative estimate of drug-likeness (QED) is 0.363. The van der Waals surface area contributed by atoms with Crippen molar-refractivity contribution >= 4 is 43.9 Å². The Bertz CT molecular complexity index is 848. The Hall–Kier alpha value is -1.26. The number of carbonyl (C=O) groups excluding carboxylic acids is 1. The largest absolute Gasteiger partial charge is 0.299 e. The van der Waals surface area contributed by atoms with Crippen LogP contribution in [0.3, 0.4) is 0 Å². The van der Waals surface area contributed by atoms with Gasteiger partial charge >= 0.3 is 0 Å². The summed E-state index contributed by atoms with van der Waals surface area (Å²) in [4.78, 5) is 18.4. The van der Waals surface area contributed by atoms with Crippen LogP contribution >= 0.6 is 31.9 Å². The topological polar surface area (TPSA) is 29.4 Å². The van der Waals surface area contributed by atoms with Gasteiger partial charge in [-0.1, -0.05) is 113 Å². The standard InChI is InChI=1S/C26H31Br2NO/c27-23-16-11-9-13-20(23)19-29-26(21-14-10-12-17-24(21)28)22-15-7-5-3-1-2-4-6-8-18-25(22)30/h9-14,16-17,19,22,26H,1-8,15,18H2. The highest BCUT2D eigenvalue weighted by molar-refractivity contribution is 9.10. The second-order valence-electron chi connectivity index (χ2n) is 8.21. The SMILES string of the molecule is O=C1CCCCCCCCCCC1C(N=Cc1ccccc1Br)c1ccccc1Br. The fraction of sp³-hybridized carbons (Fsp3) is 0.462. The average Bonchev–Trinajstić information content (AvgIpc) is 2.74. The van der Waals surface area contributed by atoms with Gasteiger partial charge in [0.25, 0.3) is 0 Å². The van der Waals surface area contributed by atoms with Gasteiger partial charge in [-0.25, -0.2) is 0 Å². The van der Waals surface area contributed by atoms with Gasteiger partial charge in [-0.2, -0.15) is 0 Å². The van der Waals surface area contributed by atoms with Gasteiger partial charge in [0.1, 0.15) is 5.78 Å². The molecule has 2 aromatic rings. The zero-order valence-corrected chi connectivity index (χ0v) is 20.7. The Balaban J connectivity index is 1.92. The van der Waals surface area contributed by atoms with Gasteiger partial charge in [-0.3, -0.25) is 9.79 Å². The van der Waals surface area contributed by atoms with Crippen molar-refractivity contribution in [1.29, 1.82) is 0 Å². The fourth-order valence-corrected chi connectivity index (χ4v) is 5.17. The molecule has 2 aromatic carbocycles. The molecule has 1 saturated carbocycles. The Kier molecular flexibility index (Phi) is 9.80. The average molecular weight is 533 g/mol. The van der Waals surface area contributed by atoms with E-state index in [1.807, 2.05) is 42.6 Å². The van der Waals surface area contributed by atoms with Crippen molar-refractivity contribution in [2.24, 2.45) is 10.9 Å². The van der Waals surface area contributed by atoms with Crippen molar-refractivity contribution < 1.29 is 4.79 Å². The van der Waals surface area contributed by atoms with Crippen LogP contribution in [-0.4, -0.2) is 12.0 Å². The maximum absolute atomic E-state index is 13.3. The second-order valence-corrected chi connectivity index (χ2v) is 9.91. The van der Waals surface area contributed by atoms with E-state index in [4.69, 9.17) is 4.99 Å². The van der Waals surface area contributed by atoms with Gasteiger partial charge in [-0.05, 0) is 30.5 Å². The van der Waals surface area contributed by atoms with Crippen molar-refractivity contribution in [3.05, 3.63) is 68.6 Å². The molecule has 2 nitrogen and oxygen atoms in total. The highest BCUT2D eigenvalue weighted by Crippen LogP contribution is 2.36. The smallest absolute Gasteiger partial charge is 0.138 e. The summed E-state index contributed by atoms with van der Waals surface area (Å²) in [7, 11) is 0. The van der Waals surface area contributed by atoms with E-state index in [0.717, 1.165) is 39.3 Å². The summed E-state index contributed by atoms with van der Waals surface area (Å²) in [6, 6.07) is 16.1. The van der Waals surface area contributed by atoms with E-state index in [1.165, 1.54) is 38.5 Å². The molecule has 0 radical (unpaired) electrons. The Morgan fingerprint density at radius 1 is 0.800 bits per heavy atom. The summed E-state index contributed by atoms with van der Waals surface area (Å²) in [5.41, 5.74) is 2.14. The van der Waals surface area contributed by atoms with Crippen molar-refractivity contribution in [3.63, 3.8) is 0 Å². The van der Waals surface area contributed by atoms with Gasteiger partial charge < -0.3 is 0 Å². The van der Waals surface area contributed by atoms with Crippen molar-refractivity contribution in [2.45, 2.75) is 70.3 Å². The van der Waals surface area contributed by atoms with Gasteiger partial charge in [0.15, 0.2) is 0 Å². The normalized spacial score (nSPS) is 20.5. The molecule has 160 valence electrons. The van der Waals surface area contributed by atoms with E-state index in [-0.39, 0.29) is 12.0 Å². The molecule has 4 heteroatoms. The zero-order chi connectivity index (χ0) is 21.2. The number of rotatable bonds is 4. The second kappa shape index (κ2) is 12.6. The van der Waals surface area contributed by atoms with Gasteiger partial charge in [0.05, 0.1) is 6.04 Å². The number of aliphatic imine (C=N–C) groups is 1. The van der Waals surface area contributed by atoms with Crippen LogP contribution in [0.5, 0.6) is 0 Å². The lowest BCUT2D eigenvalue weighted by Gasteiger charge is -2.25. The molecule has 2 atom stereocenters. The summed E-state index contributed by atoms with van der Waals surface area (Å²) >= 11 is 7.33. The van der Waals surface area contributed by atoms with E-state index in [1.54, 1.807) is 0 Å². The number of Topliss-reactive ketones (excluding diaryl/α,β-unsaturated/α-hetero) is 1. The van der Waals surface area contributed by atoms with Crippen molar-refractivity contribution in [2.75, 3.05) is 0 Å². The summed E-state index contributed by atoms with van der Waals surface area (Å²) in [6.07, 6.45) is 13.2. The molecule has 2 unspecified atom stereocenters. The molecule has 0 aromatic heterocycles. The van der Waals surface area contributed by atoms with Gasteiger partial charge in [-0.15, -0.1) is 0 Å². The Morgan fingerprint density at radius 2 is 1.40 bits per heavy atom. The minimum atomic E-state index is -0.164. The highest BCUT2D eigenvalue weighted by Gasteiger charge is 2.29. The van der Waals surface area contributed by atoms with E-state index in [0.29, 0.717) is 12.2 Å². The van der Waals surface area contributed by atoms with Crippen molar-refractivity contribution in [3.8, 4) is 0 Å². The molecule has 0 spiro atoms. The molecule has 0 amide bonds. The van der Waals surface area contributed by atoms with Crippen LogP contribution in [-0.2, 0) is 4.79 Å². The number of halogens is 2. The van der Waals surface area contributed by atoms with E-state index in [9.17, 15) is 4.79 Å². The monoisotopic (exact) mass is 531 g/mol. The summed E-state index contributed by atoms with van der Waals surface area (Å²) < 4.78 is 2.04. The number of ketones is 1. The molecular weight excluding hydrogens is 502 g/mol. The first-order valence-electron chi connectivity index (χ1n) is 11.2. The predicted octanol–water partition coefficient (Wildman–Crippen LogP) is 8.47. The summed E-state index contributed by atoms with van der Waals surface area (Å²) in [5.74, 6) is 0.308. The third-order valence-corrected chi connectivity index (χ3v) is 7.43. The van der Waals surface area contributed by atoms with Crippen LogP contribution in [0.2, 0.25) is 0 Å². The van der Waals surface area contributed by atoms with Crippen LogP contribution in [0.4, 0.5) is 0 Å². The number of hydrogen-bond donors (Lipinski definition) is 0. The number of benzene rings is 2. The molecule has 1 fully saturated rings. The maximum Gasteiger partial charge on any atom is 0.138 e. The maximum atomic E-state index is 13.3. The van der Waals surface area contributed by atoms with Crippen molar-refractivity contribution in [1.82, 2.24) is 0 Å². The number of nitrogens with zero attached hydrogens (tertiary/aromatic N) is 1. The predicted molar refractivity (Wildman–Crippen MR) is 133 cm³/mol. The van der Waals surface area contributed by atoms with Crippen LogP contribution in [0.1, 0.15) is 81.4 Å². The molecule has 1 aliphatic rings. The zero-order valence-electron chi connectivity index (χ0n) is 17.5. The van der Waals surface area contributed by atoms with Crippen LogP contribution in [0.15, 0.2) is 62.5 Å². The van der Waals surface area contributed by atoms with Gasteiger partial charge in [0.2, 0.25) is 0 Å². The van der Waals surface area contributed by atoms with Crippen LogP contribution in [0.25, 0.3) is 0 Å². The summed E-state index contributed by atoms with van der Waals surface area (Å²) in [6.45, 7) is 0. The molecule has 0 N–H and O–H groups in total. The lowest BCUT2D eigenvalue weighted by atomic mass is 9.83. The molecule has 0 aliphatic heterocycles. The lowest BCUT2D eigenvalue weighted by molar-refractivity contribution is -0.124.